The van der Waals surface area contributed by atoms with Crippen LogP contribution in [0, 0.1) is 0 Å². The van der Waals surface area contributed by atoms with Gasteiger partial charge in [0.15, 0.2) is 17.3 Å². The van der Waals surface area contributed by atoms with Gasteiger partial charge in [0.25, 0.3) is 0 Å². The summed E-state index contributed by atoms with van der Waals surface area (Å²) in [6.45, 7) is 4.33. The summed E-state index contributed by atoms with van der Waals surface area (Å²) in [5.41, 5.74) is 2.87. The van der Waals surface area contributed by atoms with Crippen molar-refractivity contribution in [1.29, 1.82) is 0 Å². The zero-order valence-electron chi connectivity index (χ0n) is 16.8. The Bertz CT molecular complexity index is 1170. The van der Waals surface area contributed by atoms with Gasteiger partial charge in [-0.3, -0.25) is 0 Å². The molecule has 2 aromatic heterocycles. The van der Waals surface area contributed by atoms with Crippen LogP contribution in [0.1, 0.15) is 0 Å². The molecule has 0 aliphatic heterocycles. The van der Waals surface area contributed by atoms with E-state index in [4.69, 9.17) is 14.5 Å². The lowest BCUT2D eigenvalue weighted by Gasteiger charge is -2.12. The topological polar surface area (TPSA) is 68.3 Å². The van der Waals surface area contributed by atoms with E-state index >= 15 is 0 Å². The Balaban J connectivity index is 1.78. The van der Waals surface area contributed by atoms with E-state index in [0.29, 0.717) is 24.0 Å². The number of ether oxygens (including phenoxy) is 2. The molecule has 0 fully saturated rings. The molecule has 4 rings (SSSR count). The van der Waals surface area contributed by atoms with Crippen molar-refractivity contribution >= 4 is 39.0 Å². The van der Waals surface area contributed by atoms with Gasteiger partial charge in [-0.15, -0.1) is 17.9 Å². The molecule has 4 aromatic rings. The van der Waals surface area contributed by atoms with Crippen LogP contribution in [-0.4, -0.2) is 30.7 Å². The van der Waals surface area contributed by atoms with Crippen LogP contribution in [0.4, 0.5) is 17.5 Å². The van der Waals surface area contributed by atoms with Crippen molar-refractivity contribution < 1.29 is 9.47 Å². The van der Waals surface area contributed by atoms with Gasteiger partial charge < -0.3 is 20.1 Å². The maximum Gasteiger partial charge on any atom is 0.225 e. The number of nitrogens with one attached hydrogen (secondary N) is 2. The Morgan fingerprint density at radius 1 is 1.00 bits per heavy atom. The lowest BCUT2D eigenvalue weighted by molar-refractivity contribution is 0.355. The van der Waals surface area contributed by atoms with Gasteiger partial charge in [-0.25, -0.2) is 4.98 Å². The summed E-state index contributed by atoms with van der Waals surface area (Å²) in [4.78, 5) is 10.5. The van der Waals surface area contributed by atoms with E-state index in [1.54, 1.807) is 31.6 Å². The number of rotatable bonds is 8. The van der Waals surface area contributed by atoms with Crippen LogP contribution in [0.5, 0.6) is 11.5 Å². The molecule has 2 heterocycles. The molecule has 152 valence electrons. The minimum Gasteiger partial charge on any atom is -0.493 e. The zero-order chi connectivity index (χ0) is 20.9. The van der Waals surface area contributed by atoms with Crippen LogP contribution in [0.3, 0.4) is 0 Å². The molecule has 7 heteroatoms. The fraction of sp³-hybridized carbons (Fsp3) is 0.130. The van der Waals surface area contributed by atoms with E-state index in [2.05, 4.69) is 40.4 Å². The molecule has 0 radical (unpaired) electrons. The second kappa shape index (κ2) is 8.84. The van der Waals surface area contributed by atoms with Gasteiger partial charge in [0.05, 0.1) is 24.4 Å². The van der Waals surface area contributed by atoms with E-state index in [1.807, 2.05) is 36.4 Å². The molecule has 0 atom stereocenters. The van der Waals surface area contributed by atoms with Gasteiger partial charge in [0, 0.05) is 23.2 Å². The number of aromatic nitrogens is 2. The molecule has 0 aliphatic carbocycles. The Morgan fingerprint density at radius 3 is 2.53 bits per heavy atom. The quantitative estimate of drug-likeness (QED) is 0.357. The first kappa shape index (κ1) is 19.7. The lowest BCUT2D eigenvalue weighted by Crippen LogP contribution is -2.05. The molecular formula is C23H22N4O2S. The Kier molecular flexibility index (Phi) is 5.81. The molecule has 0 spiro atoms. The smallest absolute Gasteiger partial charge is 0.225 e. The van der Waals surface area contributed by atoms with Gasteiger partial charge in [-0.2, -0.15) is 4.98 Å². The monoisotopic (exact) mass is 418 g/mol. The first-order valence-corrected chi connectivity index (χ1v) is 10.2. The predicted molar refractivity (Wildman–Crippen MR) is 124 cm³/mol. The summed E-state index contributed by atoms with van der Waals surface area (Å²) in [7, 11) is 3.24. The SMILES string of the molecule is C=CCNc1nc(Nc2ccc(OC)c(OC)c2)c2sc(-c3ccccc3)cc2n1. The second-order valence-corrected chi connectivity index (χ2v) is 7.50. The number of nitrogens with zero attached hydrogens (tertiary/aromatic N) is 2. The highest BCUT2D eigenvalue weighted by Crippen LogP contribution is 2.38. The fourth-order valence-corrected chi connectivity index (χ4v) is 4.10. The van der Waals surface area contributed by atoms with Crippen molar-refractivity contribution in [3.8, 4) is 21.9 Å². The number of methoxy groups -OCH3 is 2. The van der Waals surface area contributed by atoms with Crippen LogP contribution in [0.15, 0.2) is 67.3 Å². The third-order valence-electron chi connectivity index (χ3n) is 4.48. The molecule has 0 amide bonds. The molecule has 2 N–H and O–H groups in total. The predicted octanol–water partition coefficient (Wildman–Crippen LogP) is 5.72. The van der Waals surface area contributed by atoms with E-state index < -0.39 is 0 Å². The molecule has 30 heavy (non-hydrogen) atoms. The summed E-state index contributed by atoms with van der Waals surface area (Å²) in [5.74, 6) is 2.59. The van der Waals surface area contributed by atoms with Crippen molar-refractivity contribution in [1.82, 2.24) is 9.97 Å². The second-order valence-electron chi connectivity index (χ2n) is 6.45. The number of anilines is 3. The maximum atomic E-state index is 5.42. The number of benzene rings is 2. The highest BCUT2D eigenvalue weighted by molar-refractivity contribution is 7.22. The number of thiophene rings is 1. The number of hydrogen-bond acceptors (Lipinski definition) is 7. The number of fused-ring (bicyclic) bond motifs is 1. The third-order valence-corrected chi connectivity index (χ3v) is 5.66. The van der Waals surface area contributed by atoms with Crippen LogP contribution >= 0.6 is 11.3 Å². The van der Waals surface area contributed by atoms with Crippen LogP contribution in [0.25, 0.3) is 20.7 Å². The van der Waals surface area contributed by atoms with E-state index in [1.165, 1.54) is 0 Å². The third kappa shape index (κ3) is 4.06. The minimum atomic E-state index is 0.544. The number of hydrogen-bond donors (Lipinski definition) is 2. The first-order valence-electron chi connectivity index (χ1n) is 9.42. The molecule has 0 saturated carbocycles. The molecule has 0 unspecified atom stereocenters. The van der Waals surface area contributed by atoms with E-state index in [9.17, 15) is 0 Å². The van der Waals surface area contributed by atoms with Gasteiger partial charge in [-0.05, 0) is 23.8 Å². The summed E-state index contributed by atoms with van der Waals surface area (Å²) >= 11 is 1.66. The minimum absolute atomic E-state index is 0.544. The molecule has 6 nitrogen and oxygen atoms in total. The Morgan fingerprint density at radius 2 is 1.80 bits per heavy atom. The average molecular weight is 419 g/mol. The van der Waals surface area contributed by atoms with Crippen molar-refractivity contribution in [2.45, 2.75) is 0 Å². The fourth-order valence-electron chi connectivity index (χ4n) is 3.05. The largest absolute Gasteiger partial charge is 0.493 e. The van der Waals surface area contributed by atoms with E-state index in [0.717, 1.165) is 32.2 Å². The van der Waals surface area contributed by atoms with Crippen molar-refractivity contribution in [2.75, 3.05) is 31.4 Å². The van der Waals surface area contributed by atoms with Gasteiger partial charge >= 0.3 is 0 Å². The van der Waals surface area contributed by atoms with Crippen LogP contribution < -0.4 is 20.1 Å². The molecule has 0 saturated heterocycles. The van der Waals surface area contributed by atoms with Crippen molar-refractivity contribution in [2.24, 2.45) is 0 Å². The highest BCUT2D eigenvalue weighted by Gasteiger charge is 2.14. The Hall–Kier alpha value is -3.58. The summed E-state index contributed by atoms with van der Waals surface area (Å²) < 4.78 is 11.7. The molecular weight excluding hydrogens is 396 g/mol. The molecule has 0 bridgehead atoms. The summed E-state index contributed by atoms with van der Waals surface area (Å²) in [5, 5.41) is 6.59. The van der Waals surface area contributed by atoms with Crippen molar-refractivity contribution in [3.63, 3.8) is 0 Å². The Labute approximate surface area is 179 Å². The van der Waals surface area contributed by atoms with Gasteiger partial charge in [0.2, 0.25) is 5.95 Å². The van der Waals surface area contributed by atoms with E-state index in [-0.39, 0.29) is 0 Å². The normalized spacial score (nSPS) is 10.6. The van der Waals surface area contributed by atoms with Gasteiger partial charge in [-0.1, -0.05) is 36.4 Å². The maximum absolute atomic E-state index is 5.42. The standard InChI is InChI=1S/C23H22N4O2S/c1-4-12-24-23-26-17-14-20(15-8-6-5-7-9-15)30-21(17)22(27-23)25-16-10-11-18(28-2)19(13-16)29-3/h4-11,13-14H,1,12H2,2-3H3,(H2,24,25,26,27). The van der Waals surface area contributed by atoms with Crippen molar-refractivity contribution in [3.05, 3.63) is 67.3 Å². The lowest BCUT2D eigenvalue weighted by atomic mass is 10.2. The molecule has 0 aliphatic rings. The average Bonchev–Trinajstić information content (AvgIpc) is 3.23. The highest BCUT2D eigenvalue weighted by atomic mass is 32.1. The van der Waals surface area contributed by atoms with Crippen LogP contribution in [-0.2, 0) is 0 Å². The molecule has 2 aromatic carbocycles. The van der Waals surface area contributed by atoms with Crippen LogP contribution in [0.2, 0.25) is 0 Å². The summed E-state index contributed by atoms with van der Waals surface area (Å²) in [6.07, 6.45) is 1.78. The van der Waals surface area contributed by atoms with Gasteiger partial charge in [0.1, 0.15) is 0 Å². The summed E-state index contributed by atoms with van der Waals surface area (Å²) in [6, 6.07) is 18.0. The zero-order valence-corrected chi connectivity index (χ0v) is 17.6. The first-order chi connectivity index (χ1) is 14.7.